The number of carbonyl (C=O) groups is 1. The van der Waals surface area contributed by atoms with Crippen molar-refractivity contribution < 1.29 is 17.6 Å². The molecule has 1 amide bonds. The number of carbonyl (C=O) groups excluding carboxylic acids is 1. The molecule has 0 bridgehead atoms. The van der Waals surface area contributed by atoms with Crippen molar-refractivity contribution in [3.8, 4) is 0 Å². The number of amides is 1. The van der Waals surface area contributed by atoms with Crippen LogP contribution in [-0.4, -0.2) is 61.8 Å². The minimum absolute atomic E-state index is 0.00478. The van der Waals surface area contributed by atoms with E-state index in [1.807, 2.05) is 0 Å². The van der Waals surface area contributed by atoms with Crippen molar-refractivity contribution in [3.63, 3.8) is 0 Å². The molecule has 0 aliphatic carbocycles. The molecule has 0 aromatic heterocycles. The van der Waals surface area contributed by atoms with E-state index in [1.54, 1.807) is 32.0 Å². The Kier molecular flexibility index (Phi) is 5.88. The van der Waals surface area contributed by atoms with Gasteiger partial charge in [0.25, 0.3) is 0 Å². The SMILES string of the molecule is C[C@H](C(=O)N(C)[C@@H]1CCS(=O)(=O)C1)N(C)Cc1c(F)cccc1Cl. The lowest BCUT2D eigenvalue weighted by Gasteiger charge is -2.31. The normalized spacial score (nSPS) is 21.0. The molecule has 1 aliphatic rings. The van der Waals surface area contributed by atoms with Crippen LogP contribution in [0.25, 0.3) is 0 Å². The number of nitrogens with zero attached hydrogens (tertiary/aromatic N) is 2. The Morgan fingerprint density at radius 2 is 2.08 bits per heavy atom. The van der Waals surface area contributed by atoms with E-state index >= 15 is 0 Å². The van der Waals surface area contributed by atoms with Crippen LogP contribution in [0.1, 0.15) is 18.9 Å². The summed E-state index contributed by atoms with van der Waals surface area (Å²) in [5, 5.41) is 0.316. The Hall–Kier alpha value is -1.18. The van der Waals surface area contributed by atoms with Gasteiger partial charge in [-0.1, -0.05) is 17.7 Å². The van der Waals surface area contributed by atoms with Crippen LogP contribution in [0, 0.1) is 5.82 Å². The molecule has 1 aliphatic heterocycles. The highest BCUT2D eigenvalue weighted by molar-refractivity contribution is 7.91. The predicted octanol–water partition coefficient (Wildman–Crippen LogP) is 1.94. The minimum Gasteiger partial charge on any atom is -0.340 e. The van der Waals surface area contributed by atoms with Gasteiger partial charge in [-0.05, 0) is 32.5 Å². The Balaban J connectivity index is 2.04. The first kappa shape index (κ1) is 19.1. The zero-order valence-corrected chi connectivity index (χ0v) is 15.6. The summed E-state index contributed by atoms with van der Waals surface area (Å²) in [5.74, 6) is -0.480. The van der Waals surface area contributed by atoms with Gasteiger partial charge in [0.05, 0.1) is 17.5 Å². The van der Waals surface area contributed by atoms with E-state index in [-0.39, 0.29) is 30.0 Å². The Bertz CT molecular complexity index is 706. The Morgan fingerprint density at radius 1 is 1.42 bits per heavy atom. The van der Waals surface area contributed by atoms with Crippen LogP contribution in [0.3, 0.4) is 0 Å². The minimum atomic E-state index is -3.05. The molecule has 1 heterocycles. The molecule has 5 nitrogen and oxygen atoms in total. The summed E-state index contributed by atoms with van der Waals surface area (Å²) in [4.78, 5) is 15.8. The molecule has 0 N–H and O–H groups in total. The second kappa shape index (κ2) is 7.37. The summed E-state index contributed by atoms with van der Waals surface area (Å²) in [6, 6.07) is 3.65. The molecule has 1 fully saturated rings. The van der Waals surface area contributed by atoms with Crippen LogP contribution in [0.2, 0.25) is 5.02 Å². The van der Waals surface area contributed by atoms with Crippen LogP contribution in [0.4, 0.5) is 4.39 Å². The van der Waals surface area contributed by atoms with E-state index in [0.717, 1.165) is 0 Å². The number of rotatable bonds is 5. The van der Waals surface area contributed by atoms with Gasteiger partial charge in [-0.3, -0.25) is 9.69 Å². The topological polar surface area (TPSA) is 57.7 Å². The van der Waals surface area contributed by atoms with Gasteiger partial charge in [-0.2, -0.15) is 0 Å². The number of hydrogen-bond acceptors (Lipinski definition) is 4. The van der Waals surface area contributed by atoms with E-state index in [1.165, 1.54) is 17.0 Å². The molecule has 2 atom stereocenters. The van der Waals surface area contributed by atoms with Crippen molar-refractivity contribution in [2.45, 2.75) is 32.0 Å². The van der Waals surface area contributed by atoms with Gasteiger partial charge in [0, 0.05) is 30.2 Å². The maximum absolute atomic E-state index is 13.9. The summed E-state index contributed by atoms with van der Waals surface area (Å²) in [6.07, 6.45) is 0.458. The van der Waals surface area contributed by atoms with Gasteiger partial charge in [-0.25, -0.2) is 12.8 Å². The van der Waals surface area contributed by atoms with Crippen LogP contribution < -0.4 is 0 Å². The van der Waals surface area contributed by atoms with Crippen LogP contribution >= 0.6 is 11.6 Å². The van der Waals surface area contributed by atoms with E-state index in [4.69, 9.17) is 11.6 Å². The second-order valence-corrected chi connectivity index (χ2v) is 8.93. The molecule has 0 unspecified atom stereocenters. The third kappa shape index (κ3) is 4.26. The van der Waals surface area contributed by atoms with Crippen LogP contribution in [-0.2, 0) is 21.2 Å². The second-order valence-electron chi connectivity index (χ2n) is 6.30. The summed E-state index contributed by atoms with van der Waals surface area (Å²) in [7, 11) is 0.278. The average molecular weight is 377 g/mol. The lowest BCUT2D eigenvalue weighted by Crippen LogP contribution is -2.48. The number of halogens is 2. The maximum atomic E-state index is 13.9. The average Bonchev–Trinajstić information content (AvgIpc) is 2.88. The fourth-order valence-corrected chi connectivity index (χ4v) is 4.81. The standard InChI is InChI=1S/C16H22ClFN2O3S/c1-11(16(21)20(3)12-7-8-24(22,23)10-12)19(2)9-13-14(17)5-4-6-15(13)18/h4-6,11-12H,7-10H2,1-3H3/t11-,12-/m1/s1. The van der Waals surface area contributed by atoms with E-state index < -0.39 is 21.7 Å². The summed E-state index contributed by atoms with van der Waals surface area (Å²) < 4.78 is 37.1. The summed E-state index contributed by atoms with van der Waals surface area (Å²) in [5.41, 5.74) is 0.340. The van der Waals surface area contributed by atoms with Gasteiger partial charge in [0.1, 0.15) is 5.82 Å². The summed E-state index contributed by atoms with van der Waals surface area (Å²) >= 11 is 6.03. The molecule has 1 aromatic carbocycles. The van der Waals surface area contributed by atoms with Crippen molar-refractivity contribution in [1.29, 1.82) is 0 Å². The number of hydrogen-bond donors (Lipinski definition) is 0. The Labute approximate surface area is 147 Å². The number of sulfone groups is 1. The summed E-state index contributed by atoms with van der Waals surface area (Å²) in [6.45, 7) is 1.91. The van der Waals surface area contributed by atoms with Crippen LogP contribution in [0.5, 0.6) is 0 Å². The first-order valence-corrected chi connectivity index (χ1v) is 9.92. The van der Waals surface area contributed by atoms with Crippen molar-refractivity contribution in [3.05, 3.63) is 34.6 Å². The van der Waals surface area contributed by atoms with Gasteiger partial charge in [-0.15, -0.1) is 0 Å². The monoisotopic (exact) mass is 376 g/mol. The lowest BCUT2D eigenvalue weighted by molar-refractivity contribution is -0.136. The first-order chi connectivity index (χ1) is 11.1. The quantitative estimate of drug-likeness (QED) is 0.788. The molecular weight excluding hydrogens is 355 g/mol. The smallest absolute Gasteiger partial charge is 0.239 e. The van der Waals surface area contributed by atoms with Gasteiger partial charge in [0.2, 0.25) is 5.91 Å². The maximum Gasteiger partial charge on any atom is 0.239 e. The van der Waals surface area contributed by atoms with Gasteiger partial charge < -0.3 is 4.90 Å². The fourth-order valence-electron chi connectivity index (χ4n) is 2.81. The molecule has 24 heavy (non-hydrogen) atoms. The highest BCUT2D eigenvalue weighted by Crippen LogP contribution is 2.22. The van der Waals surface area contributed by atoms with E-state index in [0.29, 0.717) is 17.0 Å². The first-order valence-electron chi connectivity index (χ1n) is 7.72. The molecule has 1 saturated heterocycles. The van der Waals surface area contributed by atoms with Crippen molar-refractivity contribution in [2.24, 2.45) is 0 Å². The van der Waals surface area contributed by atoms with E-state index in [9.17, 15) is 17.6 Å². The molecular formula is C16H22ClFN2O3S. The van der Waals surface area contributed by atoms with Crippen molar-refractivity contribution in [1.82, 2.24) is 9.80 Å². The van der Waals surface area contributed by atoms with Gasteiger partial charge >= 0.3 is 0 Å². The number of benzene rings is 1. The third-order valence-electron chi connectivity index (χ3n) is 4.59. The van der Waals surface area contributed by atoms with Crippen molar-refractivity contribution >= 4 is 27.3 Å². The highest BCUT2D eigenvalue weighted by Gasteiger charge is 2.34. The molecule has 134 valence electrons. The molecule has 0 saturated carbocycles. The van der Waals surface area contributed by atoms with Crippen molar-refractivity contribution in [2.75, 3.05) is 25.6 Å². The molecule has 1 aromatic rings. The number of likely N-dealkylation sites (N-methyl/N-ethyl adjacent to an activating group) is 2. The molecule has 2 rings (SSSR count). The Morgan fingerprint density at radius 3 is 2.62 bits per heavy atom. The third-order valence-corrected chi connectivity index (χ3v) is 6.70. The molecule has 8 heteroatoms. The largest absolute Gasteiger partial charge is 0.340 e. The molecule has 0 spiro atoms. The predicted molar refractivity (Wildman–Crippen MR) is 92.2 cm³/mol. The van der Waals surface area contributed by atoms with Crippen LogP contribution in [0.15, 0.2) is 18.2 Å². The van der Waals surface area contributed by atoms with Gasteiger partial charge in [0.15, 0.2) is 9.84 Å². The fraction of sp³-hybridized carbons (Fsp3) is 0.562. The highest BCUT2D eigenvalue weighted by atomic mass is 35.5. The lowest BCUT2D eigenvalue weighted by atomic mass is 10.1. The zero-order chi connectivity index (χ0) is 18.1. The van der Waals surface area contributed by atoms with E-state index in [2.05, 4.69) is 0 Å². The molecule has 0 radical (unpaired) electrons. The zero-order valence-electron chi connectivity index (χ0n) is 14.0.